The number of hydrogen-bond donors (Lipinski definition) is 3. The van der Waals surface area contributed by atoms with Gasteiger partial charge in [-0.25, -0.2) is 4.98 Å². The summed E-state index contributed by atoms with van der Waals surface area (Å²) in [7, 11) is 0. The fourth-order valence-corrected chi connectivity index (χ4v) is 2.70. The minimum atomic E-state index is -0.427. The van der Waals surface area contributed by atoms with Crippen molar-refractivity contribution >= 4 is 11.7 Å². The molecule has 2 unspecified atom stereocenters. The molecule has 0 spiro atoms. The van der Waals surface area contributed by atoms with Crippen LogP contribution in [0.3, 0.4) is 0 Å². The topological polar surface area (TPSA) is 74.2 Å². The van der Waals surface area contributed by atoms with Gasteiger partial charge in [0.2, 0.25) is 0 Å². The average molecular weight is 291 g/mol. The highest BCUT2D eigenvalue weighted by Gasteiger charge is 2.25. The van der Waals surface area contributed by atoms with Crippen LogP contribution in [-0.2, 0) is 6.42 Å². The van der Waals surface area contributed by atoms with E-state index in [1.165, 1.54) is 0 Å². The number of carbonyl (C=O) groups is 1. The molecule has 0 aliphatic heterocycles. The fraction of sp³-hybridized carbons (Fsp3) is 0.625. The van der Waals surface area contributed by atoms with Crippen LogP contribution in [0.15, 0.2) is 12.1 Å². The Morgan fingerprint density at radius 1 is 1.33 bits per heavy atom. The van der Waals surface area contributed by atoms with Crippen LogP contribution < -0.4 is 10.6 Å². The van der Waals surface area contributed by atoms with E-state index in [0.717, 1.165) is 50.2 Å². The second-order valence-corrected chi connectivity index (χ2v) is 5.55. The Morgan fingerprint density at radius 3 is 2.76 bits per heavy atom. The number of aliphatic hydroxyl groups is 1. The first-order valence-electron chi connectivity index (χ1n) is 7.87. The zero-order chi connectivity index (χ0) is 15.2. The van der Waals surface area contributed by atoms with Crippen molar-refractivity contribution in [3.05, 3.63) is 23.4 Å². The quantitative estimate of drug-likeness (QED) is 0.777. The first kappa shape index (κ1) is 15.8. The van der Waals surface area contributed by atoms with Crippen molar-refractivity contribution in [1.29, 1.82) is 0 Å². The predicted molar refractivity (Wildman–Crippen MR) is 83.5 cm³/mol. The Morgan fingerprint density at radius 2 is 2.10 bits per heavy atom. The number of pyridine rings is 1. The Balaban J connectivity index is 2.11. The number of amides is 1. The molecule has 0 bridgehead atoms. The molecule has 1 aliphatic rings. The minimum Gasteiger partial charge on any atom is -0.391 e. The molecule has 2 rings (SSSR count). The predicted octanol–water partition coefficient (Wildman–Crippen LogP) is 2.11. The highest BCUT2D eigenvalue weighted by molar-refractivity contribution is 5.95. The van der Waals surface area contributed by atoms with Crippen molar-refractivity contribution in [1.82, 2.24) is 10.3 Å². The zero-order valence-electron chi connectivity index (χ0n) is 12.9. The summed E-state index contributed by atoms with van der Waals surface area (Å²) >= 11 is 0. The number of nitrogens with one attached hydrogen (secondary N) is 2. The van der Waals surface area contributed by atoms with Crippen LogP contribution in [0.1, 0.15) is 55.6 Å². The van der Waals surface area contributed by atoms with Crippen molar-refractivity contribution in [2.45, 2.75) is 58.1 Å². The number of carbonyl (C=O) groups excluding carboxylic acids is 1. The Hall–Kier alpha value is -1.62. The third kappa shape index (κ3) is 4.17. The molecule has 21 heavy (non-hydrogen) atoms. The fourth-order valence-electron chi connectivity index (χ4n) is 2.70. The van der Waals surface area contributed by atoms with Crippen LogP contribution in [0, 0.1) is 0 Å². The number of aromatic nitrogens is 1. The first-order chi connectivity index (χ1) is 10.1. The van der Waals surface area contributed by atoms with E-state index in [4.69, 9.17) is 0 Å². The van der Waals surface area contributed by atoms with Crippen LogP contribution in [0.25, 0.3) is 0 Å². The second kappa shape index (κ2) is 7.41. The first-order valence-corrected chi connectivity index (χ1v) is 7.87. The lowest BCUT2D eigenvalue weighted by atomic mass is 9.92. The Kier molecular flexibility index (Phi) is 5.56. The van der Waals surface area contributed by atoms with Gasteiger partial charge in [-0.15, -0.1) is 0 Å². The van der Waals surface area contributed by atoms with Crippen molar-refractivity contribution in [2.24, 2.45) is 0 Å². The van der Waals surface area contributed by atoms with Gasteiger partial charge in [0.25, 0.3) is 5.91 Å². The van der Waals surface area contributed by atoms with Crippen molar-refractivity contribution < 1.29 is 9.90 Å². The Labute approximate surface area is 126 Å². The maximum atomic E-state index is 12.4. The maximum absolute atomic E-state index is 12.4. The van der Waals surface area contributed by atoms with Gasteiger partial charge < -0.3 is 15.7 Å². The van der Waals surface area contributed by atoms with Gasteiger partial charge in [0.05, 0.1) is 12.1 Å². The number of nitrogens with zero attached hydrogens (tertiary/aromatic N) is 1. The molecule has 1 fully saturated rings. The van der Waals surface area contributed by atoms with Gasteiger partial charge in [0.1, 0.15) is 5.82 Å². The van der Waals surface area contributed by atoms with Gasteiger partial charge in [-0.1, -0.05) is 19.8 Å². The Bertz CT molecular complexity index is 490. The molecule has 2 atom stereocenters. The zero-order valence-corrected chi connectivity index (χ0v) is 12.9. The maximum Gasteiger partial charge on any atom is 0.251 e. The monoisotopic (exact) mass is 291 g/mol. The summed E-state index contributed by atoms with van der Waals surface area (Å²) in [5.74, 6) is 0.600. The number of rotatable bonds is 5. The largest absolute Gasteiger partial charge is 0.391 e. The number of aliphatic hydroxyl groups excluding tert-OH is 1. The van der Waals surface area contributed by atoms with Crippen LogP contribution in [0.2, 0.25) is 0 Å². The lowest BCUT2D eigenvalue weighted by Crippen LogP contribution is -2.45. The van der Waals surface area contributed by atoms with Crippen molar-refractivity contribution in [2.75, 3.05) is 11.9 Å². The molecule has 3 N–H and O–H groups in total. The van der Waals surface area contributed by atoms with E-state index in [-0.39, 0.29) is 11.9 Å². The molecule has 1 amide bonds. The standard InChI is InChI=1S/C16H25N3O2/c1-3-12-9-11(10-15(18-12)17-4-2)16(21)19-13-7-5-6-8-14(13)20/h9-10,13-14,20H,3-8H2,1-2H3,(H,17,18)(H,19,21). The van der Waals surface area contributed by atoms with Crippen LogP contribution in [0.4, 0.5) is 5.82 Å². The second-order valence-electron chi connectivity index (χ2n) is 5.55. The van der Waals surface area contributed by atoms with E-state index in [9.17, 15) is 9.90 Å². The molecular formula is C16H25N3O2. The third-order valence-corrected chi connectivity index (χ3v) is 3.91. The molecule has 1 aromatic heterocycles. The van der Waals surface area contributed by atoms with Crippen LogP contribution in [0.5, 0.6) is 0 Å². The molecule has 116 valence electrons. The van der Waals surface area contributed by atoms with E-state index in [0.29, 0.717) is 5.56 Å². The van der Waals surface area contributed by atoms with Crippen molar-refractivity contribution in [3.8, 4) is 0 Å². The van der Waals surface area contributed by atoms with Gasteiger partial charge in [-0.2, -0.15) is 0 Å². The van der Waals surface area contributed by atoms with E-state index in [1.807, 2.05) is 19.9 Å². The van der Waals surface area contributed by atoms with Crippen LogP contribution >= 0.6 is 0 Å². The van der Waals surface area contributed by atoms with E-state index in [1.54, 1.807) is 6.07 Å². The minimum absolute atomic E-state index is 0.128. The number of anilines is 1. The molecule has 1 saturated carbocycles. The molecule has 1 aliphatic carbocycles. The summed E-state index contributed by atoms with van der Waals surface area (Å²) < 4.78 is 0. The van der Waals surface area contributed by atoms with Gasteiger partial charge >= 0.3 is 0 Å². The summed E-state index contributed by atoms with van der Waals surface area (Å²) in [4.78, 5) is 16.9. The summed E-state index contributed by atoms with van der Waals surface area (Å²) in [5.41, 5.74) is 1.50. The van der Waals surface area contributed by atoms with E-state index >= 15 is 0 Å². The molecule has 1 aromatic rings. The molecule has 1 heterocycles. The average Bonchev–Trinajstić information content (AvgIpc) is 2.49. The summed E-state index contributed by atoms with van der Waals surface area (Å²) in [6, 6.07) is 3.46. The normalized spacial score (nSPS) is 21.9. The molecule has 0 saturated heterocycles. The molecular weight excluding hydrogens is 266 g/mol. The SMILES string of the molecule is CCNc1cc(C(=O)NC2CCCCC2O)cc(CC)n1. The highest BCUT2D eigenvalue weighted by atomic mass is 16.3. The lowest BCUT2D eigenvalue weighted by Gasteiger charge is -2.28. The number of hydrogen-bond acceptors (Lipinski definition) is 4. The third-order valence-electron chi connectivity index (χ3n) is 3.91. The van der Waals surface area contributed by atoms with E-state index in [2.05, 4.69) is 15.6 Å². The van der Waals surface area contributed by atoms with Gasteiger partial charge in [-0.3, -0.25) is 4.79 Å². The van der Waals surface area contributed by atoms with Gasteiger partial charge in [-0.05, 0) is 38.3 Å². The molecule has 0 radical (unpaired) electrons. The van der Waals surface area contributed by atoms with Gasteiger partial charge in [0, 0.05) is 17.8 Å². The summed E-state index contributed by atoms with van der Waals surface area (Å²) in [6.45, 7) is 4.78. The molecule has 0 aromatic carbocycles. The smallest absolute Gasteiger partial charge is 0.251 e. The molecule has 5 nitrogen and oxygen atoms in total. The summed E-state index contributed by atoms with van der Waals surface area (Å²) in [5, 5.41) is 16.1. The van der Waals surface area contributed by atoms with Crippen molar-refractivity contribution in [3.63, 3.8) is 0 Å². The highest BCUT2D eigenvalue weighted by Crippen LogP contribution is 2.19. The lowest BCUT2D eigenvalue weighted by molar-refractivity contribution is 0.0717. The molecule has 5 heteroatoms. The van der Waals surface area contributed by atoms with Crippen LogP contribution in [-0.4, -0.2) is 34.7 Å². The number of aryl methyl sites for hydroxylation is 1. The van der Waals surface area contributed by atoms with Gasteiger partial charge in [0.15, 0.2) is 0 Å². The van der Waals surface area contributed by atoms with E-state index < -0.39 is 6.10 Å². The summed E-state index contributed by atoms with van der Waals surface area (Å²) in [6.07, 6.45) is 4.06.